The number of phenolic OH excluding ortho intramolecular Hbond substituents is 1. The van der Waals surface area contributed by atoms with E-state index in [0.29, 0.717) is 41.7 Å². The number of aliphatic hydroxyl groups excluding tert-OH is 1. The molecule has 164 valence electrons. The fourth-order valence-electron chi connectivity index (χ4n) is 4.57. The van der Waals surface area contributed by atoms with Crippen molar-refractivity contribution in [1.29, 1.82) is 0 Å². The lowest BCUT2D eigenvalue weighted by molar-refractivity contribution is -0.121. The summed E-state index contributed by atoms with van der Waals surface area (Å²) >= 11 is 0. The molecule has 0 amide bonds. The lowest BCUT2D eigenvalue weighted by atomic mass is 9.79. The molecule has 7 heteroatoms. The fourth-order valence-corrected chi connectivity index (χ4v) is 4.57. The molecule has 2 aromatic carbocycles. The van der Waals surface area contributed by atoms with Crippen LogP contribution < -0.4 is 0 Å². The Morgan fingerprint density at radius 1 is 1.23 bits per heavy atom. The highest BCUT2D eigenvalue weighted by Gasteiger charge is 2.36. The van der Waals surface area contributed by atoms with Crippen molar-refractivity contribution < 1.29 is 28.5 Å². The number of ether oxygens (including phenoxy) is 1. The van der Waals surface area contributed by atoms with Crippen molar-refractivity contribution in [3.05, 3.63) is 59.3 Å². The summed E-state index contributed by atoms with van der Waals surface area (Å²) in [5.74, 6) is -2.00. The number of hydrogen-bond donors (Lipinski definition) is 2. The topological polar surface area (TPSA) is 71.7 Å². The number of benzene rings is 2. The lowest BCUT2D eigenvalue weighted by Gasteiger charge is -2.32. The number of carbonyl (C=O) groups is 1. The van der Waals surface area contributed by atoms with Gasteiger partial charge in [0.15, 0.2) is 11.6 Å². The van der Waals surface area contributed by atoms with Crippen LogP contribution in [0.3, 0.4) is 0 Å². The number of aliphatic hydroxyl groups is 1. The highest BCUT2D eigenvalue weighted by molar-refractivity contribution is 5.93. The lowest BCUT2D eigenvalue weighted by Crippen LogP contribution is -2.30. The van der Waals surface area contributed by atoms with Gasteiger partial charge in [0.25, 0.3) is 0 Å². The summed E-state index contributed by atoms with van der Waals surface area (Å²) in [6.45, 7) is 3.89. The molecule has 1 fully saturated rings. The number of phenols is 1. The summed E-state index contributed by atoms with van der Waals surface area (Å²) < 4.78 is 35.1. The van der Waals surface area contributed by atoms with Crippen LogP contribution >= 0.6 is 0 Å². The largest absolute Gasteiger partial charge is 0.507 e. The van der Waals surface area contributed by atoms with E-state index in [0.717, 1.165) is 24.0 Å². The maximum Gasteiger partial charge on any atom is 0.160 e. The minimum absolute atomic E-state index is 0.0537. The summed E-state index contributed by atoms with van der Waals surface area (Å²) in [4.78, 5) is 11.4. The predicted octanol–water partition coefficient (Wildman–Crippen LogP) is 4.35. The molecule has 4 rings (SSSR count). The third-order valence-electron chi connectivity index (χ3n) is 6.08. The second-order valence-corrected chi connectivity index (χ2v) is 8.68. The van der Waals surface area contributed by atoms with Crippen LogP contribution in [0.4, 0.5) is 8.78 Å². The molecule has 3 aromatic rings. The zero-order chi connectivity index (χ0) is 22.3. The maximum atomic E-state index is 14.2. The normalized spacial score (nSPS) is 19.6. The molecule has 2 atom stereocenters. The summed E-state index contributed by atoms with van der Waals surface area (Å²) in [6, 6.07) is 8.71. The van der Waals surface area contributed by atoms with E-state index in [1.54, 1.807) is 22.8 Å². The van der Waals surface area contributed by atoms with E-state index in [2.05, 4.69) is 0 Å². The van der Waals surface area contributed by atoms with Gasteiger partial charge >= 0.3 is 0 Å². The van der Waals surface area contributed by atoms with Crippen LogP contribution in [-0.4, -0.2) is 40.4 Å². The van der Waals surface area contributed by atoms with Crippen LogP contribution in [0.2, 0.25) is 0 Å². The molecule has 0 saturated carbocycles. The Kier molecular flexibility index (Phi) is 5.58. The molecule has 2 heterocycles. The average molecular weight is 429 g/mol. The molecule has 0 radical (unpaired) electrons. The molecular formula is C24H25F2NO4. The number of fused-ring (bicyclic) bond motifs is 1. The van der Waals surface area contributed by atoms with Gasteiger partial charge in [0.2, 0.25) is 0 Å². The van der Waals surface area contributed by atoms with Crippen LogP contribution in [-0.2, 0) is 14.9 Å². The van der Waals surface area contributed by atoms with Crippen molar-refractivity contribution in [2.45, 2.75) is 44.1 Å². The number of aromatic nitrogens is 1. The molecule has 2 unspecified atom stereocenters. The zero-order valence-electron chi connectivity index (χ0n) is 17.4. The van der Waals surface area contributed by atoms with Crippen molar-refractivity contribution in [2.75, 3.05) is 13.2 Å². The van der Waals surface area contributed by atoms with Gasteiger partial charge in [-0.1, -0.05) is 19.9 Å². The van der Waals surface area contributed by atoms with Gasteiger partial charge in [-0.2, -0.15) is 0 Å². The molecule has 1 aliphatic heterocycles. The Morgan fingerprint density at radius 3 is 2.68 bits per heavy atom. The van der Waals surface area contributed by atoms with E-state index in [4.69, 9.17) is 4.74 Å². The Hall–Kier alpha value is -2.77. The third kappa shape index (κ3) is 3.62. The summed E-state index contributed by atoms with van der Waals surface area (Å²) in [5.41, 5.74) is 1.71. The second kappa shape index (κ2) is 8.05. The Bertz CT molecular complexity index is 1140. The van der Waals surface area contributed by atoms with Crippen LogP contribution in [0.1, 0.15) is 43.9 Å². The molecule has 0 aliphatic carbocycles. The molecule has 2 N–H and O–H groups in total. The molecule has 1 aliphatic rings. The van der Waals surface area contributed by atoms with Gasteiger partial charge in [0.05, 0.1) is 12.1 Å². The fraction of sp³-hybridized carbons (Fsp3) is 0.375. The van der Waals surface area contributed by atoms with Crippen molar-refractivity contribution >= 4 is 17.2 Å². The molecule has 5 nitrogen and oxygen atoms in total. The molecule has 1 aromatic heterocycles. The molecule has 1 saturated heterocycles. The van der Waals surface area contributed by atoms with E-state index in [1.165, 1.54) is 6.07 Å². The van der Waals surface area contributed by atoms with Crippen LogP contribution in [0.25, 0.3) is 16.6 Å². The molecule has 31 heavy (non-hydrogen) atoms. The van der Waals surface area contributed by atoms with E-state index < -0.39 is 23.2 Å². The number of rotatable bonds is 5. The van der Waals surface area contributed by atoms with Crippen LogP contribution in [0.15, 0.2) is 36.4 Å². The highest BCUT2D eigenvalue weighted by atomic mass is 19.2. The highest BCUT2D eigenvalue weighted by Crippen LogP contribution is 2.46. The van der Waals surface area contributed by atoms with Gasteiger partial charge < -0.3 is 24.3 Å². The SMILES string of the molecule is CC(C)(CO)c1c(C2CCOC(C=O)C2)c2c(O)cccc2n1-c1ccc(F)c(F)c1. The third-order valence-corrected chi connectivity index (χ3v) is 6.08. The van der Waals surface area contributed by atoms with E-state index in [-0.39, 0.29) is 18.3 Å². The quantitative estimate of drug-likeness (QED) is 0.592. The maximum absolute atomic E-state index is 14.2. The molecular weight excluding hydrogens is 404 g/mol. The smallest absolute Gasteiger partial charge is 0.160 e. The van der Waals surface area contributed by atoms with Gasteiger partial charge in [0, 0.05) is 34.9 Å². The first-order valence-electron chi connectivity index (χ1n) is 10.3. The van der Waals surface area contributed by atoms with Gasteiger partial charge in [0.1, 0.15) is 18.1 Å². The number of hydrogen-bond acceptors (Lipinski definition) is 4. The van der Waals surface area contributed by atoms with Crippen molar-refractivity contribution in [3.8, 4) is 11.4 Å². The first-order valence-corrected chi connectivity index (χ1v) is 10.3. The average Bonchev–Trinajstić information content (AvgIpc) is 3.13. The van der Waals surface area contributed by atoms with Gasteiger partial charge in [-0.15, -0.1) is 0 Å². The minimum Gasteiger partial charge on any atom is -0.507 e. The van der Waals surface area contributed by atoms with Crippen molar-refractivity contribution in [2.24, 2.45) is 0 Å². The molecule has 0 bridgehead atoms. The summed E-state index contributed by atoms with van der Waals surface area (Å²) in [7, 11) is 0. The predicted molar refractivity (Wildman–Crippen MR) is 113 cm³/mol. The number of nitrogens with zero attached hydrogens (tertiary/aromatic N) is 1. The van der Waals surface area contributed by atoms with Gasteiger partial charge in [-0.05, 0) is 48.6 Å². The Balaban J connectivity index is 2.10. The standard InChI is InChI=1S/C24H25F2NO4/c1-24(2,13-29)23-21(14-8-9-31-16(10-14)12-28)22-19(4-3-5-20(22)30)27(23)15-6-7-17(25)18(26)11-15/h3-7,11-12,14,16,29-30H,8-10,13H2,1-2H3. The van der Waals surface area contributed by atoms with Crippen molar-refractivity contribution in [1.82, 2.24) is 4.57 Å². The first-order chi connectivity index (χ1) is 14.8. The number of halogens is 2. The number of carbonyl (C=O) groups excluding carboxylic acids is 1. The Labute approximate surface area is 178 Å². The van der Waals surface area contributed by atoms with Crippen molar-refractivity contribution in [3.63, 3.8) is 0 Å². The summed E-state index contributed by atoms with van der Waals surface area (Å²) in [6.07, 6.45) is 1.28. The summed E-state index contributed by atoms with van der Waals surface area (Å²) in [5, 5.41) is 21.6. The van der Waals surface area contributed by atoms with Gasteiger partial charge in [-0.25, -0.2) is 8.78 Å². The van der Waals surface area contributed by atoms with E-state index >= 15 is 0 Å². The first kappa shape index (κ1) is 21.5. The van der Waals surface area contributed by atoms with E-state index in [9.17, 15) is 23.8 Å². The van der Waals surface area contributed by atoms with Gasteiger partial charge in [-0.3, -0.25) is 0 Å². The monoisotopic (exact) mass is 429 g/mol. The zero-order valence-corrected chi connectivity index (χ0v) is 17.4. The second-order valence-electron chi connectivity index (χ2n) is 8.68. The van der Waals surface area contributed by atoms with Crippen LogP contribution in [0, 0.1) is 11.6 Å². The Morgan fingerprint density at radius 2 is 2.00 bits per heavy atom. The number of aldehydes is 1. The minimum atomic E-state index is -0.985. The molecule has 0 spiro atoms. The number of aromatic hydroxyl groups is 1. The van der Waals surface area contributed by atoms with Crippen LogP contribution in [0.5, 0.6) is 5.75 Å². The van der Waals surface area contributed by atoms with E-state index in [1.807, 2.05) is 13.8 Å².